The van der Waals surface area contributed by atoms with E-state index in [1.807, 2.05) is 6.07 Å². The number of hydrogen-bond acceptors (Lipinski definition) is 3. The van der Waals surface area contributed by atoms with E-state index < -0.39 is 6.30 Å². The monoisotopic (exact) mass is 314 g/mol. The summed E-state index contributed by atoms with van der Waals surface area (Å²) in [5.74, 6) is 0.387. The Morgan fingerprint density at radius 1 is 1.43 bits per heavy atom. The van der Waals surface area contributed by atoms with E-state index in [4.69, 9.17) is 0 Å². The van der Waals surface area contributed by atoms with Crippen LogP contribution in [0.4, 0.5) is 10.1 Å². The first-order valence-corrected chi connectivity index (χ1v) is 8.19. The highest BCUT2D eigenvalue weighted by atomic mass is 19.1. The maximum Gasteiger partial charge on any atom is 0.189 e. The van der Waals surface area contributed by atoms with Crippen LogP contribution in [0.5, 0.6) is 0 Å². The Labute approximate surface area is 136 Å². The third kappa shape index (κ3) is 3.28. The van der Waals surface area contributed by atoms with Gasteiger partial charge in [0.1, 0.15) is 0 Å². The van der Waals surface area contributed by atoms with Gasteiger partial charge in [-0.3, -0.25) is 4.98 Å². The minimum absolute atomic E-state index is 0.387. The summed E-state index contributed by atoms with van der Waals surface area (Å²) in [6, 6.07) is 3.96. The fourth-order valence-electron chi connectivity index (χ4n) is 3.07. The van der Waals surface area contributed by atoms with Gasteiger partial charge in [-0.15, -0.1) is 0 Å². The molecule has 1 aliphatic rings. The SMILES string of the molecule is C=C1CCCC[C@H](C)c2cc(ccn2)-c2c(cnn2C(C)F)N1. The quantitative estimate of drug-likeness (QED) is 0.802. The van der Waals surface area contributed by atoms with Crippen molar-refractivity contribution in [1.29, 1.82) is 0 Å². The van der Waals surface area contributed by atoms with Gasteiger partial charge >= 0.3 is 0 Å². The number of pyridine rings is 1. The Bertz CT molecular complexity index is 705. The second-order valence-electron chi connectivity index (χ2n) is 6.27. The number of anilines is 1. The average Bonchev–Trinajstić information content (AvgIpc) is 2.94. The van der Waals surface area contributed by atoms with Gasteiger partial charge in [0.05, 0.1) is 17.6 Å². The number of alkyl halides is 1. The fourth-order valence-corrected chi connectivity index (χ4v) is 3.07. The zero-order valence-corrected chi connectivity index (χ0v) is 13.7. The molecule has 2 bridgehead atoms. The van der Waals surface area contributed by atoms with Crippen LogP contribution in [-0.2, 0) is 0 Å². The van der Waals surface area contributed by atoms with Crippen LogP contribution in [0, 0.1) is 0 Å². The molecule has 0 saturated heterocycles. The average molecular weight is 314 g/mol. The molecule has 0 spiro atoms. The highest BCUT2D eigenvalue weighted by Crippen LogP contribution is 2.34. The number of rotatable bonds is 1. The lowest BCUT2D eigenvalue weighted by molar-refractivity contribution is 0.248. The fraction of sp³-hybridized carbons (Fsp3) is 0.444. The second kappa shape index (κ2) is 6.52. The van der Waals surface area contributed by atoms with Gasteiger partial charge in [-0.05, 0) is 44.2 Å². The van der Waals surface area contributed by atoms with E-state index in [1.54, 1.807) is 12.4 Å². The van der Waals surface area contributed by atoms with Gasteiger partial charge in [0, 0.05) is 23.2 Å². The molecule has 0 aliphatic carbocycles. The maximum atomic E-state index is 14.0. The van der Waals surface area contributed by atoms with Crippen LogP contribution in [0.25, 0.3) is 11.3 Å². The molecule has 2 atom stereocenters. The first kappa shape index (κ1) is 15.7. The molecule has 0 amide bonds. The number of nitrogens with zero attached hydrogens (tertiary/aromatic N) is 3. The van der Waals surface area contributed by atoms with Crippen molar-refractivity contribution in [2.24, 2.45) is 0 Å². The summed E-state index contributed by atoms with van der Waals surface area (Å²) in [4.78, 5) is 4.50. The van der Waals surface area contributed by atoms with Crippen LogP contribution < -0.4 is 5.32 Å². The van der Waals surface area contributed by atoms with Crippen LogP contribution in [0.3, 0.4) is 0 Å². The van der Waals surface area contributed by atoms with Gasteiger partial charge < -0.3 is 5.32 Å². The second-order valence-corrected chi connectivity index (χ2v) is 6.27. The summed E-state index contributed by atoms with van der Waals surface area (Å²) < 4.78 is 15.4. The van der Waals surface area contributed by atoms with Crippen molar-refractivity contribution in [2.75, 3.05) is 5.32 Å². The molecule has 23 heavy (non-hydrogen) atoms. The smallest absolute Gasteiger partial charge is 0.189 e. The third-order valence-electron chi connectivity index (χ3n) is 4.37. The van der Waals surface area contributed by atoms with E-state index in [-0.39, 0.29) is 0 Å². The van der Waals surface area contributed by atoms with Crippen LogP contribution in [0.2, 0.25) is 0 Å². The van der Waals surface area contributed by atoms with Gasteiger partial charge in [-0.25, -0.2) is 9.07 Å². The number of fused-ring (bicyclic) bond motifs is 4. The number of nitrogens with one attached hydrogen (secondary N) is 1. The number of aromatic nitrogens is 3. The van der Waals surface area contributed by atoms with Crippen LogP contribution >= 0.6 is 0 Å². The van der Waals surface area contributed by atoms with E-state index >= 15 is 0 Å². The lowest BCUT2D eigenvalue weighted by atomic mass is 9.96. The molecule has 2 aromatic rings. The minimum Gasteiger partial charge on any atom is -0.356 e. The summed E-state index contributed by atoms with van der Waals surface area (Å²) in [6.07, 6.45) is 6.49. The van der Waals surface area contributed by atoms with E-state index in [2.05, 4.69) is 35.0 Å². The lowest BCUT2D eigenvalue weighted by Crippen LogP contribution is -2.07. The summed E-state index contributed by atoms with van der Waals surface area (Å²) in [7, 11) is 0. The van der Waals surface area contributed by atoms with Gasteiger partial charge in [-0.1, -0.05) is 19.9 Å². The molecule has 4 nitrogen and oxygen atoms in total. The maximum absolute atomic E-state index is 14.0. The first-order valence-electron chi connectivity index (χ1n) is 8.19. The molecule has 0 fully saturated rings. The molecule has 1 unspecified atom stereocenters. The lowest BCUT2D eigenvalue weighted by Gasteiger charge is -2.17. The highest BCUT2D eigenvalue weighted by Gasteiger charge is 2.19. The molecule has 0 radical (unpaired) electrons. The molecule has 0 aromatic carbocycles. The Balaban J connectivity index is 2.14. The predicted octanol–water partition coefficient (Wildman–Crippen LogP) is 5.04. The molecule has 1 aliphatic heterocycles. The summed E-state index contributed by atoms with van der Waals surface area (Å²) >= 11 is 0. The van der Waals surface area contributed by atoms with Crippen molar-refractivity contribution >= 4 is 5.69 Å². The van der Waals surface area contributed by atoms with Crippen LogP contribution in [0.1, 0.15) is 57.4 Å². The topological polar surface area (TPSA) is 42.7 Å². The zero-order valence-electron chi connectivity index (χ0n) is 13.7. The van der Waals surface area contributed by atoms with Crippen molar-refractivity contribution in [3.8, 4) is 11.3 Å². The Morgan fingerprint density at radius 3 is 3.04 bits per heavy atom. The predicted molar refractivity (Wildman–Crippen MR) is 90.9 cm³/mol. The largest absolute Gasteiger partial charge is 0.356 e. The normalized spacial score (nSPS) is 20.0. The van der Waals surface area contributed by atoms with Gasteiger partial charge in [0.15, 0.2) is 6.30 Å². The minimum atomic E-state index is -1.20. The van der Waals surface area contributed by atoms with E-state index in [9.17, 15) is 4.39 Å². The van der Waals surface area contributed by atoms with Crippen molar-refractivity contribution in [3.05, 3.63) is 42.5 Å². The van der Waals surface area contributed by atoms with Crippen LogP contribution in [-0.4, -0.2) is 14.8 Å². The highest BCUT2D eigenvalue weighted by molar-refractivity contribution is 5.75. The van der Waals surface area contributed by atoms with Crippen LogP contribution in [0.15, 0.2) is 36.8 Å². The van der Waals surface area contributed by atoms with E-state index in [0.29, 0.717) is 5.92 Å². The van der Waals surface area contributed by atoms with Gasteiger partial charge in [0.2, 0.25) is 0 Å². The molecule has 5 heteroatoms. The van der Waals surface area contributed by atoms with Crippen molar-refractivity contribution in [3.63, 3.8) is 0 Å². The standard InChI is InChI=1S/C18H23FN4/c1-12-6-4-5-7-13(2)22-17-11-21-23(14(3)19)18(17)15-8-9-20-16(12)10-15/h8-12,14,22H,2,4-7H2,1,3H3/t12-,14?/m0/s1. The zero-order chi connectivity index (χ0) is 16.4. The molecule has 1 N–H and O–H groups in total. The molecule has 2 aromatic heterocycles. The van der Waals surface area contributed by atoms with E-state index in [0.717, 1.165) is 54.0 Å². The van der Waals surface area contributed by atoms with Gasteiger partial charge in [0.25, 0.3) is 0 Å². The third-order valence-corrected chi connectivity index (χ3v) is 4.37. The number of allylic oxidation sites excluding steroid dienone is 1. The molecular formula is C18H23FN4. The van der Waals surface area contributed by atoms with E-state index in [1.165, 1.54) is 11.6 Å². The van der Waals surface area contributed by atoms with Crippen molar-refractivity contribution in [2.45, 2.75) is 51.7 Å². The molecule has 3 rings (SSSR count). The van der Waals surface area contributed by atoms with Crippen molar-refractivity contribution < 1.29 is 4.39 Å². The first-order chi connectivity index (χ1) is 11.1. The molecule has 3 heterocycles. The summed E-state index contributed by atoms with van der Waals surface area (Å²) in [6.45, 7) is 7.78. The summed E-state index contributed by atoms with van der Waals surface area (Å²) in [5, 5.41) is 7.52. The number of hydrogen-bond donors (Lipinski definition) is 1. The Morgan fingerprint density at radius 2 is 2.26 bits per heavy atom. The summed E-state index contributed by atoms with van der Waals surface area (Å²) in [5.41, 5.74) is 4.47. The van der Waals surface area contributed by atoms with Crippen molar-refractivity contribution in [1.82, 2.24) is 14.8 Å². The molecule has 122 valence electrons. The molecule has 0 saturated carbocycles. The Hall–Kier alpha value is -2.17. The molecular weight excluding hydrogens is 291 g/mol. The number of halogens is 1. The van der Waals surface area contributed by atoms with Gasteiger partial charge in [-0.2, -0.15) is 5.10 Å². The Kier molecular flexibility index (Phi) is 4.46.